The van der Waals surface area contributed by atoms with E-state index in [4.69, 9.17) is 4.74 Å². The molecule has 1 saturated heterocycles. The van der Waals surface area contributed by atoms with Gasteiger partial charge in [0.25, 0.3) is 5.91 Å². The third-order valence-electron chi connectivity index (χ3n) is 5.65. The summed E-state index contributed by atoms with van der Waals surface area (Å²) in [7, 11) is 0. The largest absolute Gasteiger partial charge is 0.573 e. The second-order valence-corrected chi connectivity index (χ2v) is 8.02. The molecule has 4 rings (SSSR count). The quantitative estimate of drug-likeness (QED) is 0.673. The fourth-order valence-electron chi connectivity index (χ4n) is 4.10. The van der Waals surface area contributed by atoms with Crippen LogP contribution in [0.2, 0.25) is 0 Å². The summed E-state index contributed by atoms with van der Waals surface area (Å²) in [5.74, 6) is 0.0593. The predicted octanol–water partition coefficient (Wildman–Crippen LogP) is 3.83. The number of carbonyl (C=O) groups is 1. The van der Waals surface area contributed by atoms with Crippen LogP contribution < -0.4 is 20.1 Å². The van der Waals surface area contributed by atoms with Gasteiger partial charge >= 0.3 is 6.36 Å². The second kappa shape index (κ2) is 9.68. The molecule has 0 unspecified atom stereocenters. The van der Waals surface area contributed by atoms with Crippen molar-refractivity contribution in [2.75, 3.05) is 38.1 Å². The van der Waals surface area contributed by atoms with Crippen molar-refractivity contribution in [3.63, 3.8) is 0 Å². The minimum atomic E-state index is -4.77. The molecule has 0 bridgehead atoms. The Bertz CT molecular complexity index is 928. The second-order valence-electron chi connectivity index (χ2n) is 8.02. The van der Waals surface area contributed by atoms with Gasteiger partial charge in [0.2, 0.25) is 0 Å². The maximum Gasteiger partial charge on any atom is 0.573 e. The lowest BCUT2D eigenvalue weighted by molar-refractivity contribution is -0.274. The van der Waals surface area contributed by atoms with Crippen LogP contribution in [0.3, 0.4) is 0 Å². The van der Waals surface area contributed by atoms with Gasteiger partial charge < -0.3 is 25.0 Å². The summed E-state index contributed by atoms with van der Waals surface area (Å²) in [6, 6.07) is 10.5. The number of likely N-dealkylation sites (tertiary alicyclic amines) is 1. The number of alkyl halides is 3. The summed E-state index contributed by atoms with van der Waals surface area (Å²) >= 11 is 0. The van der Waals surface area contributed by atoms with Crippen LogP contribution in [-0.4, -0.2) is 56.0 Å². The number of rotatable bonds is 7. The Hall–Kier alpha value is -2.94. The third kappa shape index (κ3) is 5.85. The number of carbonyl (C=O) groups excluding carboxylic acids is 1. The number of hydrogen-bond acceptors (Lipinski definition) is 5. The fraction of sp³-hybridized carbons (Fsp3) is 0.435. The van der Waals surface area contributed by atoms with E-state index in [0.29, 0.717) is 13.0 Å². The predicted molar refractivity (Wildman–Crippen MR) is 114 cm³/mol. The van der Waals surface area contributed by atoms with Gasteiger partial charge in [-0.3, -0.25) is 4.79 Å². The number of fused-ring (bicyclic) bond motifs is 1. The molecule has 0 aromatic heterocycles. The van der Waals surface area contributed by atoms with Crippen molar-refractivity contribution in [1.29, 1.82) is 0 Å². The van der Waals surface area contributed by atoms with Crippen LogP contribution in [0.1, 0.15) is 28.8 Å². The Kier molecular flexibility index (Phi) is 6.74. The van der Waals surface area contributed by atoms with Crippen LogP contribution in [0.25, 0.3) is 0 Å². The highest BCUT2D eigenvalue weighted by Gasteiger charge is 2.31. The first kappa shape index (κ1) is 22.3. The van der Waals surface area contributed by atoms with E-state index in [2.05, 4.69) is 20.3 Å². The molecule has 2 heterocycles. The lowest BCUT2D eigenvalue weighted by Gasteiger charge is -2.28. The molecule has 0 saturated carbocycles. The van der Waals surface area contributed by atoms with Crippen molar-refractivity contribution in [3.8, 4) is 11.5 Å². The summed E-state index contributed by atoms with van der Waals surface area (Å²) in [5, 5.41) is 6.40. The van der Waals surface area contributed by atoms with E-state index >= 15 is 0 Å². The molecule has 9 heteroatoms. The van der Waals surface area contributed by atoms with Crippen LogP contribution >= 0.6 is 0 Å². The maximum absolute atomic E-state index is 12.6. The van der Waals surface area contributed by atoms with E-state index < -0.39 is 6.36 Å². The number of nitrogens with one attached hydrogen (secondary N) is 2. The number of halogens is 3. The minimum Gasteiger partial charge on any atom is -0.491 e. The van der Waals surface area contributed by atoms with E-state index in [1.54, 1.807) is 0 Å². The highest BCUT2D eigenvalue weighted by molar-refractivity contribution is 5.94. The average Bonchev–Trinajstić information content (AvgIpc) is 3.27. The molecule has 172 valence electrons. The first-order valence-electron chi connectivity index (χ1n) is 10.7. The molecule has 2 aliphatic rings. The maximum atomic E-state index is 12.6. The van der Waals surface area contributed by atoms with E-state index in [-0.39, 0.29) is 23.3 Å². The number of benzene rings is 2. The molecule has 0 radical (unpaired) electrons. The van der Waals surface area contributed by atoms with Crippen molar-refractivity contribution >= 4 is 11.6 Å². The molecule has 32 heavy (non-hydrogen) atoms. The summed E-state index contributed by atoms with van der Waals surface area (Å²) in [6.45, 7) is 4.44. The fourth-order valence-corrected chi connectivity index (χ4v) is 4.10. The zero-order valence-electron chi connectivity index (χ0n) is 17.6. The minimum absolute atomic E-state index is 0.248. The van der Waals surface area contributed by atoms with Gasteiger partial charge in [-0.2, -0.15) is 0 Å². The molecule has 1 amide bonds. The Balaban J connectivity index is 1.34. The Labute approximate surface area is 184 Å². The molecule has 2 aromatic carbocycles. The monoisotopic (exact) mass is 449 g/mol. The van der Waals surface area contributed by atoms with Gasteiger partial charge in [-0.1, -0.05) is 6.07 Å². The van der Waals surface area contributed by atoms with Crippen LogP contribution in [-0.2, 0) is 6.42 Å². The molecule has 2 aromatic rings. The van der Waals surface area contributed by atoms with Crippen LogP contribution in [0.5, 0.6) is 11.5 Å². The van der Waals surface area contributed by atoms with E-state index in [9.17, 15) is 18.0 Å². The first-order chi connectivity index (χ1) is 15.4. The first-order valence-corrected chi connectivity index (χ1v) is 10.7. The number of hydrogen-bond donors (Lipinski definition) is 2. The Morgan fingerprint density at radius 1 is 1.12 bits per heavy atom. The molecular weight excluding hydrogens is 423 g/mol. The van der Waals surface area contributed by atoms with Gasteiger partial charge in [0.1, 0.15) is 18.1 Å². The molecule has 1 fully saturated rings. The lowest BCUT2D eigenvalue weighted by Crippen LogP contribution is -2.43. The van der Waals surface area contributed by atoms with Crippen LogP contribution in [0, 0.1) is 0 Å². The van der Waals surface area contributed by atoms with Crippen molar-refractivity contribution in [2.24, 2.45) is 0 Å². The summed E-state index contributed by atoms with van der Waals surface area (Å²) in [5.41, 5.74) is 2.26. The molecule has 0 spiro atoms. The van der Waals surface area contributed by atoms with E-state index in [1.807, 2.05) is 18.2 Å². The van der Waals surface area contributed by atoms with Crippen LogP contribution in [0.4, 0.5) is 18.9 Å². The molecule has 1 atom stereocenters. The highest BCUT2D eigenvalue weighted by atomic mass is 19.4. The smallest absolute Gasteiger partial charge is 0.491 e. The molecule has 6 nitrogen and oxygen atoms in total. The summed E-state index contributed by atoms with van der Waals surface area (Å²) < 4.78 is 46.6. The third-order valence-corrected chi connectivity index (χ3v) is 5.65. The molecular formula is C23H26F3N3O3. The zero-order valence-corrected chi connectivity index (χ0v) is 17.6. The van der Waals surface area contributed by atoms with Crippen molar-refractivity contribution in [1.82, 2.24) is 10.2 Å². The number of anilines is 1. The van der Waals surface area contributed by atoms with Crippen molar-refractivity contribution in [2.45, 2.75) is 31.7 Å². The van der Waals surface area contributed by atoms with Gasteiger partial charge in [0.05, 0.1) is 6.04 Å². The lowest BCUT2D eigenvalue weighted by atomic mass is 10.00. The van der Waals surface area contributed by atoms with Crippen molar-refractivity contribution in [3.05, 3.63) is 53.6 Å². The SMILES string of the molecule is O=C(N[C@@H]1COc2cccc(NCCN3CCCC3)c2C1)c1ccc(OC(F)(F)F)cc1. The van der Waals surface area contributed by atoms with Gasteiger partial charge in [-0.05, 0) is 62.3 Å². The van der Waals surface area contributed by atoms with Crippen LogP contribution in [0.15, 0.2) is 42.5 Å². The molecule has 2 aliphatic heterocycles. The van der Waals surface area contributed by atoms with Crippen molar-refractivity contribution < 1.29 is 27.4 Å². The van der Waals surface area contributed by atoms with E-state index in [0.717, 1.165) is 55.3 Å². The summed E-state index contributed by atoms with van der Waals surface area (Å²) in [6.07, 6.45) is -1.65. The summed E-state index contributed by atoms with van der Waals surface area (Å²) in [4.78, 5) is 15.0. The molecule has 0 aliphatic carbocycles. The Morgan fingerprint density at radius 3 is 2.59 bits per heavy atom. The van der Waals surface area contributed by atoms with Gasteiger partial charge in [0, 0.05) is 36.3 Å². The van der Waals surface area contributed by atoms with E-state index in [1.165, 1.54) is 25.0 Å². The number of ether oxygens (including phenoxy) is 2. The normalized spacial score (nSPS) is 18.5. The average molecular weight is 449 g/mol. The zero-order chi connectivity index (χ0) is 22.6. The number of nitrogens with zero attached hydrogens (tertiary/aromatic N) is 1. The topological polar surface area (TPSA) is 62.8 Å². The standard InChI is InChI=1S/C23H26F3N3O3/c24-23(25,26)32-18-8-6-16(7-9-18)22(30)28-17-14-19-20(4-3-5-21(19)31-15-17)27-10-13-29-11-1-2-12-29/h3-9,17,27H,1-2,10-15H2,(H,28,30)/t17-/m0/s1. The molecule has 2 N–H and O–H groups in total. The van der Waals surface area contributed by atoms with Gasteiger partial charge in [0.15, 0.2) is 0 Å². The highest BCUT2D eigenvalue weighted by Crippen LogP contribution is 2.31. The number of amides is 1. The Morgan fingerprint density at radius 2 is 1.88 bits per heavy atom. The van der Waals surface area contributed by atoms with Gasteiger partial charge in [-0.15, -0.1) is 13.2 Å². The van der Waals surface area contributed by atoms with Gasteiger partial charge in [-0.25, -0.2) is 0 Å².